The summed E-state index contributed by atoms with van der Waals surface area (Å²) in [5, 5.41) is 9.33. The first-order valence-corrected chi connectivity index (χ1v) is 4.78. The van der Waals surface area contributed by atoms with E-state index < -0.39 is 0 Å². The fraction of sp³-hybridized carbons (Fsp3) is 0.429. The van der Waals surface area contributed by atoms with Crippen molar-refractivity contribution in [2.75, 3.05) is 0 Å². The van der Waals surface area contributed by atoms with Crippen LogP contribution in [0.25, 0.3) is 0 Å². The van der Waals surface area contributed by atoms with Crippen LogP contribution in [0.5, 0.6) is 0 Å². The van der Waals surface area contributed by atoms with Gasteiger partial charge in [-0.1, -0.05) is 6.92 Å². The topological polar surface area (TPSA) is 20.2 Å². The lowest BCUT2D eigenvalue weighted by molar-refractivity contribution is 0.177. The lowest BCUT2D eigenvalue weighted by Gasteiger charge is -2.01. The van der Waals surface area contributed by atoms with Crippen LogP contribution >= 0.6 is 27.3 Å². The normalized spacial score (nSPS) is 13.5. The Bertz CT molecular complexity index is 209. The molecular weight excluding hydrogens is 212 g/mol. The summed E-state index contributed by atoms with van der Waals surface area (Å²) in [7, 11) is 0. The summed E-state index contributed by atoms with van der Waals surface area (Å²) in [6.45, 7) is 1.97. The van der Waals surface area contributed by atoms with Crippen molar-refractivity contribution < 1.29 is 5.11 Å². The van der Waals surface area contributed by atoms with E-state index >= 15 is 0 Å². The van der Waals surface area contributed by atoms with Crippen molar-refractivity contribution >= 4 is 27.3 Å². The molecule has 0 saturated carbocycles. The molecule has 56 valence electrons. The van der Waals surface area contributed by atoms with Crippen LogP contribution in [0.15, 0.2) is 15.9 Å². The standard InChI is InChI=1S/C7H9BrOS/c1-2-5(9)6-3-4-7(8)10-6/h3-5,9H,2H2,1H3. The molecule has 1 unspecified atom stereocenters. The second-order valence-electron chi connectivity index (χ2n) is 2.07. The number of aliphatic hydroxyl groups excluding tert-OH is 1. The third-order valence-corrected chi connectivity index (χ3v) is 3.03. The Morgan fingerprint density at radius 2 is 2.40 bits per heavy atom. The first-order chi connectivity index (χ1) is 4.74. The van der Waals surface area contributed by atoms with Crippen LogP contribution in [0.4, 0.5) is 0 Å². The highest BCUT2D eigenvalue weighted by Crippen LogP contribution is 2.28. The van der Waals surface area contributed by atoms with Crippen molar-refractivity contribution in [3.8, 4) is 0 Å². The summed E-state index contributed by atoms with van der Waals surface area (Å²) >= 11 is 4.92. The number of rotatable bonds is 2. The van der Waals surface area contributed by atoms with Crippen molar-refractivity contribution in [3.05, 3.63) is 20.8 Å². The Labute approximate surface area is 72.8 Å². The van der Waals surface area contributed by atoms with Crippen molar-refractivity contribution in [1.82, 2.24) is 0 Å². The van der Waals surface area contributed by atoms with Crippen LogP contribution in [0.1, 0.15) is 24.3 Å². The van der Waals surface area contributed by atoms with Gasteiger partial charge in [-0.15, -0.1) is 11.3 Å². The Balaban J connectivity index is 2.74. The van der Waals surface area contributed by atoms with Gasteiger partial charge < -0.3 is 5.11 Å². The van der Waals surface area contributed by atoms with E-state index in [1.54, 1.807) is 11.3 Å². The van der Waals surface area contributed by atoms with E-state index in [0.29, 0.717) is 0 Å². The Morgan fingerprint density at radius 1 is 1.70 bits per heavy atom. The summed E-state index contributed by atoms with van der Waals surface area (Å²) in [4.78, 5) is 1.04. The predicted octanol–water partition coefficient (Wildman–Crippen LogP) is 2.95. The van der Waals surface area contributed by atoms with E-state index in [9.17, 15) is 5.11 Å². The third-order valence-electron chi connectivity index (χ3n) is 1.31. The van der Waals surface area contributed by atoms with E-state index in [0.717, 1.165) is 15.1 Å². The van der Waals surface area contributed by atoms with Crippen LogP contribution < -0.4 is 0 Å². The quantitative estimate of drug-likeness (QED) is 0.813. The largest absolute Gasteiger partial charge is 0.388 e. The summed E-state index contributed by atoms with van der Waals surface area (Å²) in [6.07, 6.45) is 0.503. The highest BCUT2D eigenvalue weighted by molar-refractivity contribution is 9.11. The molecule has 1 rings (SSSR count). The van der Waals surface area contributed by atoms with Crippen molar-refractivity contribution in [1.29, 1.82) is 0 Å². The van der Waals surface area contributed by atoms with E-state index in [4.69, 9.17) is 0 Å². The SMILES string of the molecule is CCC(O)c1ccc(Br)s1. The first kappa shape index (κ1) is 8.24. The monoisotopic (exact) mass is 220 g/mol. The van der Waals surface area contributed by atoms with Crippen molar-refractivity contribution in [2.24, 2.45) is 0 Å². The molecule has 0 aliphatic heterocycles. The maximum absolute atomic E-state index is 9.33. The summed E-state index contributed by atoms with van der Waals surface area (Å²) in [5.41, 5.74) is 0. The van der Waals surface area contributed by atoms with E-state index in [1.165, 1.54) is 0 Å². The molecular formula is C7H9BrOS. The molecule has 0 radical (unpaired) electrons. The van der Waals surface area contributed by atoms with Gasteiger partial charge in [0.15, 0.2) is 0 Å². The van der Waals surface area contributed by atoms with E-state index in [2.05, 4.69) is 15.9 Å². The Kier molecular flexibility index (Phi) is 2.89. The predicted molar refractivity (Wildman–Crippen MR) is 47.3 cm³/mol. The lowest BCUT2D eigenvalue weighted by Crippen LogP contribution is -1.89. The van der Waals surface area contributed by atoms with Gasteiger partial charge in [0, 0.05) is 4.88 Å². The summed E-state index contributed by atoms with van der Waals surface area (Å²) in [6, 6.07) is 3.90. The third kappa shape index (κ3) is 1.81. The van der Waals surface area contributed by atoms with Gasteiger partial charge in [0.25, 0.3) is 0 Å². The molecule has 1 heterocycles. The molecule has 10 heavy (non-hydrogen) atoms. The Hall–Kier alpha value is 0.140. The molecule has 0 spiro atoms. The van der Waals surface area contributed by atoms with Gasteiger partial charge in [0.2, 0.25) is 0 Å². The zero-order chi connectivity index (χ0) is 7.56. The van der Waals surface area contributed by atoms with Crippen LogP contribution in [0.3, 0.4) is 0 Å². The second kappa shape index (κ2) is 3.51. The molecule has 0 bridgehead atoms. The van der Waals surface area contributed by atoms with E-state index in [-0.39, 0.29) is 6.10 Å². The summed E-state index contributed by atoms with van der Waals surface area (Å²) < 4.78 is 1.08. The maximum atomic E-state index is 9.33. The van der Waals surface area contributed by atoms with Crippen LogP contribution in [-0.2, 0) is 0 Å². The smallest absolute Gasteiger partial charge is 0.0879 e. The number of halogens is 1. The molecule has 0 aliphatic carbocycles. The van der Waals surface area contributed by atoms with Gasteiger partial charge in [0.1, 0.15) is 0 Å². The first-order valence-electron chi connectivity index (χ1n) is 3.17. The maximum Gasteiger partial charge on any atom is 0.0879 e. The molecule has 1 aromatic rings. The van der Waals surface area contributed by atoms with Gasteiger partial charge in [-0.3, -0.25) is 0 Å². The number of aliphatic hydroxyl groups is 1. The average molecular weight is 221 g/mol. The molecule has 3 heteroatoms. The summed E-state index contributed by atoms with van der Waals surface area (Å²) in [5.74, 6) is 0. The average Bonchev–Trinajstić information content (AvgIpc) is 2.34. The molecule has 1 nitrogen and oxygen atoms in total. The molecule has 0 fully saturated rings. The molecule has 1 aromatic heterocycles. The second-order valence-corrected chi connectivity index (χ2v) is 4.56. The van der Waals surface area contributed by atoms with Gasteiger partial charge in [-0.05, 0) is 34.5 Å². The van der Waals surface area contributed by atoms with Gasteiger partial charge >= 0.3 is 0 Å². The van der Waals surface area contributed by atoms with Gasteiger partial charge in [0.05, 0.1) is 9.89 Å². The molecule has 0 aromatic carbocycles. The fourth-order valence-corrected chi connectivity index (χ4v) is 2.20. The van der Waals surface area contributed by atoms with E-state index in [1.807, 2.05) is 19.1 Å². The van der Waals surface area contributed by atoms with Gasteiger partial charge in [-0.2, -0.15) is 0 Å². The molecule has 0 aliphatic rings. The molecule has 0 amide bonds. The zero-order valence-electron chi connectivity index (χ0n) is 5.67. The number of thiophene rings is 1. The highest BCUT2D eigenvalue weighted by atomic mass is 79.9. The van der Waals surface area contributed by atoms with Gasteiger partial charge in [-0.25, -0.2) is 0 Å². The van der Waals surface area contributed by atoms with Crippen molar-refractivity contribution in [2.45, 2.75) is 19.4 Å². The van der Waals surface area contributed by atoms with Crippen LogP contribution in [0.2, 0.25) is 0 Å². The van der Waals surface area contributed by atoms with Crippen LogP contribution in [0, 0.1) is 0 Å². The number of hydrogen-bond donors (Lipinski definition) is 1. The molecule has 0 saturated heterocycles. The highest BCUT2D eigenvalue weighted by Gasteiger charge is 2.05. The number of hydrogen-bond acceptors (Lipinski definition) is 2. The minimum atomic E-state index is -0.281. The molecule has 1 N–H and O–H groups in total. The minimum Gasteiger partial charge on any atom is -0.388 e. The molecule has 1 atom stereocenters. The Morgan fingerprint density at radius 3 is 2.80 bits per heavy atom. The van der Waals surface area contributed by atoms with Crippen LogP contribution in [-0.4, -0.2) is 5.11 Å². The fourth-order valence-electron chi connectivity index (χ4n) is 0.709. The van der Waals surface area contributed by atoms with Crippen molar-refractivity contribution in [3.63, 3.8) is 0 Å². The zero-order valence-corrected chi connectivity index (χ0v) is 8.08. The minimum absolute atomic E-state index is 0.281. The lowest BCUT2D eigenvalue weighted by atomic mass is 10.2.